The van der Waals surface area contributed by atoms with Crippen molar-refractivity contribution in [3.8, 4) is 23.0 Å². The zero-order valence-electron chi connectivity index (χ0n) is 19.3. The van der Waals surface area contributed by atoms with Crippen LogP contribution >= 0.6 is 0 Å². The Hall–Kier alpha value is -4.70. The molecule has 0 amide bonds. The highest BCUT2D eigenvalue weighted by Crippen LogP contribution is 2.56. The molecule has 4 nitrogen and oxygen atoms in total. The fourth-order valence-corrected chi connectivity index (χ4v) is 4.94. The van der Waals surface area contributed by atoms with E-state index in [4.69, 9.17) is 18.9 Å². The first kappa shape index (κ1) is 20.7. The Balaban J connectivity index is 1.32. The largest absolute Gasteiger partial charge is 0.440 e. The molecule has 7 rings (SSSR count). The van der Waals surface area contributed by atoms with Crippen LogP contribution < -0.4 is 18.9 Å². The first-order valence-electron chi connectivity index (χ1n) is 11.9. The topological polar surface area (TPSA) is 36.9 Å². The number of hydrogen-bond donors (Lipinski definition) is 0. The fraction of sp³-hybridized carbons (Fsp3) is 0.0625. The predicted molar refractivity (Wildman–Crippen MR) is 136 cm³/mol. The van der Waals surface area contributed by atoms with Gasteiger partial charge < -0.3 is 18.9 Å². The number of hydrogen-bond acceptors (Lipinski definition) is 4. The SMILES string of the molecule is c1ccc(C2(c3ccccc3)Oc3cc4c(cc3O2)OC(c2ccccc2)(c2ccccc2)O4)cc1. The lowest BCUT2D eigenvalue weighted by Gasteiger charge is -2.29. The van der Waals surface area contributed by atoms with Crippen LogP contribution in [0.25, 0.3) is 0 Å². The lowest BCUT2D eigenvalue weighted by atomic mass is 9.97. The second-order valence-corrected chi connectivity index (χ2v) is 8.85. The van der Waals surface area contributed by atoms with E-state index in [1.54, 1.807) is 0 Å². The van der Waals surface area contributed by atoms with Crippen LogP contribution in [-0.4, -0.2) is 0 Å². The maximum absolute atomic E-state index is 6.61. The molecule has 2 heterocycles. The molecule has 0 radical (unpaired) electrons. The molecule has 174 valence electrons. The Kier molecular flexibility index (Phi) is 4.55. The van der Waals surface area contributed by atoms with Gasteiger partial charge in [0.05, 0.1) is 0 Å². The Morgan fingerprint density at radius 2 is 0.528 bits per heavy atom. The van der Waals surface area contributed by atoms with E-state index in [0.717, 1.165) is 22.3 Å². The van der Waals surface area contributed by atoms with Crippen LogP contribution in [0, 0.1) is 0 Å². The van der Waals surface area contributed by atoms with Crippen molar-refractivity contribution in [1.29, 1.82) is 0 Å². The van der Waals surface area contributed by atoms with E-state index in [1.165, 1.54) is 0 Å². The van der Waals surface area contributed by atoms with Crippen LogP contribution in [0.5, 0.6) is 23.0 Å². The van der Waals surface area contributed by atoms with Gasteiger partial charge in [0, 0.05) is 34.4 Å². The van der Waals surface area contributed by atoms with Crippen LogP contribution in [0.1, 0.15) is 22.3 Å². The van der Waals surface area contributed by atoms with Gasteiger partial charge in [0.25, 0.3) is 0 Å². The molecule has 0 atom stereocenters. The summed E-state index contributed by atoms with van der Waals surface area (Å²) in [6, 6.07) is 43.6. The van der Waals surface area contributed by atoms with Crippen LogP contribution in [-0.2, 0) is 11.6 Å². The van der Waals surface area contributed by atoms with Gasteiger partial charge in [-0.2, -0.15) is 0 Å². The Bertz CT molecular complexity index is 1280. The van der Waals surface area contributed by atoms with E-state index >= 15 is 0 Å². The maximum atomic E-state index is 6.61. The van der Waals surface area contributed by atoms with E-state index in [9.17, 15) is 0 Å². The molecule has 0 aliphatic carbocycles. The molecule has 5 aromatic carbocycles. The van der Waals surface area contributed by atoms with Gasteiger partial charge in [-0.1, -0.05) is 121 Å². The molecule has 0 saturated heterocycles. The Morgan fingerprint density at radius 3 is 0.750 bits per heavy atom. The van der Waals surface area contributed by atoms with Crippen molar-refractivity contribution < 1.29 is 18.9 Å². The van der Waals surface area contributed by atoms with Gasteiger partial charge >= 0.3 is 11.6 Å². The summed E-state index contributed by atoms with van der Waals surface area (Å²) in [5.74, 6) is 0.194. The second-order valence-electron chi connectivity index (χ2n) is 8.85. The molecule has 36 heavy (non-hydrogen) atoms. The van der Waals surface area contributed by atoms with Gasteiger partial charge in [-0.15, -0.1) is 0 Å². The average Bonchev–Trinajstić information content (AvgIpc) is 3.53. The molecule has 0 spiro atoms. The third-order valence-electron chi connectivity index (χ3n) is 6.64. The highest BCUT2D eigenvalue weighted by Gasteiger charge is 2.50. The highest BCUT2D eigenvalue weighted by molar-refractivity contribution is 5.60. The molecular formula is C32H22O4. The van der Waals surface area contributed by atoms with Gasteiger partial charge in [-0.05, 0) is 0 Å². The molecule has 0 saturated carbocycles. The van der Waals surface area contributed by atoms with Crippen molar-refractivity contribution in [3.63, 3.8) is 0 Å². The first-order chi connectivity index (χ1) is 17.8. The van der Waals surface area contributed by atoms with Crippen molar-refractivity contribution in [1.82, 2.24) is 0 Å². The van der Waals surface area contributed by atoms with Crippen molar-refractivity contribution >= 4 is 0 Å². The second kappa shape index (κ2) is 7.92. The summed E-state index contributed by atoms with van der Waals surface area (Å²) in [5, 5.41) is 0. The molecule has 0 unspecified atom stereocenters. The summed E-state index contributed by atoms with van der Waals surface area (Å²) in [4.78, 5) is 0. The summed E-state index contributed by atoms with van der Waals surface area (Å²) in [6.07, 6.45) is 0. The van der Waals surface area contributed by atoms with Gasteiger partial charge in [-0.3, -0.25) is 0 Å². The smallest absolute Gasteiger partial charge is 0.305 e. The van der Waals surface area contributed by atoms with Crippen molar-refractivity contribution in [3.05, 3.63) is 156 Å². The highest BCUT2D eigenvalue weighted by atomic mass is 16.7. The zero-order chi connectivity index (χ0) is 24.0. The Morgan fingerprint density at radius 1 is 0.306 bits per heavy atom. The van der Waals surface area contributed by atoms with Crippen molar-refractivity contribution in [2.45, 2.75) is 11.6 Å². The van der Waals surface area contributed by atoms with Gasteiger partial charge in [-0.25, -0.2) is 0 Å². The minimum atomic E-state index is -1.10. The predicted octanol–water partition coefficient (Wildman–Crippen LogP) is 7.03. The summed E-state index contributed by atoms with van der Waals surface area (Å²) in [7, 11) is 0. The number of fused-ring (bicyclic) bond motifs is 2. The van der Waals surface area contributed by atoms with Crippen molar-refractivity contribution in [2.75, 3.05) is 0 Å². The summed E-state index contributed by atoms with van der Waals surface area (Å²) in [5.41, 5.74) is 3.60. The number of ether oxygens (including phenoxy) is 4. The van der Waals surface area contributed by atoms with E-state index in [-0.39, 0.29) is 0 Å². The zero-order valence-corrected chi connectivity index (χ0v) is 19.3. The third-order valence-corrected chi connectivity index (χ3v) is 6.64. The number of rotatable bonds is 4. The van der Waals surface area contributed by atoms with Gasteiger partial charge in [0.2, 0.25) is 0 Å². The first-order valence-corrected chi connectivity index (χ1v) is 11.9. The van der Waals surface area contributed by atoms with Crippen LogP contribution in [0.4, 0.5) is 0 Å². The summed E-state index contributed by atoms with van der Waals surface area (Å²) >= 11 is 0. The third kappa shape index (κ3) is 3.08. The molecule has 0 N–H and O–H groups in total. The summed E-state index contributed by atoms with van der Waals surface area (Å²) in [6.45, 7) is 0. The van der Waals surface area contributed by atoms with Crippen LogP contribution in [0.2, 0.25) is 0 Å². The van der Waals surface area contributed by atoms with Gasteiger partial charge in [0.15, 0.2) is 23.0 Å². The van der Waals surface area contributed by atoms with E-state index in [1.807, 2.05) is 133 Å². The molecule has 0 bridgehead atoms. The normalized spacial score (nSPS) is 16.0. The monoisotopic (exact) mass is 470 g/mol. The van der Waals surface area contributed by atoms with E-state index < -0.39 is 11.6 Å². The standard InChI is InChI=1S/C32H22O4/c1-5-13-23(14-6-1)31(24-15-7-2-8-16-24)33-27-21-29-30(22-28(27)34-31)36-32(35-29,25-17-9-3-10-18-25)26-19-11-4-12-20-26/h1-22H. The van der Waals surface area contributed by atoms with Crippen LogP contribution in [0.3, 0.4) is 0 Å². The summed E-state index contributed by atoms with van der Waals surface area (Å²) < 4.78 is 26.5. The number of benzene rings is 5. The maximum Gasteiger partial charge on any atom is 0.305 e. The molecular weight excluding hydrogens is 448 g/mol. The minimum absolute atomic E-state index is 0.599. The lowest BCUT2D eigenvalue weighted by Crippen LogP contribution is -2.37. The Labute approximate surface area is 209 Å². The average molecular weight is 471 g/mol. The van der Waals surface area contributed by atoms with E-state index in [0.29, 0.717) is 23.0 Å². The molecule has 2 aliphatic heterocycles. The lowest BCUT2D eigenvalue weighted by molar-refractivity contribution is -0.0512. The molecule has 0 aromatic heterocycles. The molecule has 4 heteroatoms. The van der Waals surface area contributed by atoms with Gasteiger partial charge in [0.1, 0.15) is 0 Å². The fourth-order valence-electron chi connectivity index (χ4n) is 4.94. The van der Waals surface area contributed by atoms with E-state index in [2.05, 4.69) is 0 Å². The minimum Gasteiger partial charge on any atom is -0.440 e. The molecule has 2 aliphatic rings. The quantitative estimate of drug-likeness (QED) is 0.283. The van der Waals surface area contributed by atoms with Crippen molar-refractivity contribution in [2.24, 2.45) is 0 Å². The van der Waals surface area contributed by atoms with Crippen LogP contribution in [0.15, 0.2) is 133 Å². The molecule has 0 fully saturated rings. The molecule has 5 aromatic rings.